The number of rotatable bonds is 8. The molecule has 2 aromatic heterocycles. The van der Waals surface area contributed by atoms with Crippen molar-refractivity contribution in [2.45, 2.75) is 13.3 Å². The van der Waals surface area contributed by atoms with Gasteiger partial charge in [0.1, 0.15) is 4.88 Å². The van der Waals surface area contributed by atoms with Gasteiger partial charge in [-0.1, -0.05) is 37.3 Å². The molecule has 0 aliphatic carbocycles. The first-order chi connectivity index (χ1) is 12.3. The van der Waals surface area contributed by atoms with Gasteiger partial charge in [0.05, 0.1) is 12.0 Å². The van der Waals surface area contributed by atoms with E-state index in [1.807, 2.05) is 42.5 Å². The van der Waals surface area contributed by atoms with Crippen molar-refractivity contribution in [3.63, 3.8) is 0 Å². The van der Waals surface area contributed by atoms with Crippen LogP contribution in [0.1, 0.15) is 23.0 Å². The highest BCUT2D eigenvalue weighted by Gasteiger charge is 2.20. The minimum Gasteiger partial charge on any atom is -0.462 e. The Balaban J connectivity index is 1.82. The maximum Gasteiger partial charge on any atom is 0.263 e. The zero-order valence-corrected chi connectivity index (χ0v) is 14.9. The Morgan fingerprint density at radius 3 is 2.68 bits per heavy atom. The highest BCUT2D eigenvalue weighted by atomic mass is 32.1. The van der Waals surface area contributed by atoms with Crippen LogP contribution in [0.5, 0.6) is 0 Å². The van der Waals surface area contributed by atoms with E-state index in [0.717, 1.165) is 25.1 Å². The molecular formula is C19H21N3O2S. The summed E-state index contributed by atoms with van der Waals surface area (Å²) in [5.74, 6) is 0.568. The van der Waals surface area contributed by atoms with Gasteiger partial charge in [-0.05, 0) is 25.1 Å². The first kappa shape index (κ1) is 17.4. The Morgan fingerprint density at radius 2 is 1.96 bits per heavy atom. The Bertz CT molecular complexity index is 797. The van der Waals surface area contributed by atoms with E-state index < -0.39 is 0 Å². The zero-order chi connectivity index (χ0) is 17.5. The van der Waals surface area contributed by atoms with Crippen LogP contribution in [0, 0.1) is 0 Å². The van der Waals surface area contributed by atoms with Crippen LogP contribution < -0.4 is 10.6 Å². The Labute approximate surface area is 151 Å². The Kier molecular flexibility index (Phi) is 5.98. The number of carbonyl (C=O) groups excluding carboxylic acids is 1. The molecule has 130 valence electrons. The number of furan rings is 1. The maximum absolute atomic E-state index is 12.7. The fourth-order valence-corrected chi connectivity index (χ4v) is 3.39. The van der Waals surface area contributed by atoms with E-state index in [1.54, 1.807) is 6.26 Å². The summed E-state index contributed by atoms with van der Waals surface area (Å²) in [5.41, 5.74) is 1.61. The molecule has 1 amide bonds. The Hall–Kier alpha value is -2.44. The van der Waals surface area contributed by atoms with E-state index in [-0.39, 0.29) is 5.91 Å². The molecule has 2 heterocycles. The van der Waals surface area contributed by atoms with Gasteiger partial charge in [0.25, 0.3) is 5.91 Å². The van der Waals surface area contributed by atoms with Crippen LogP contribution in [-0.2, 0) is 0 Å². The first-order valence-corrected chi connectivity index (χ1v) is 9.20. The fraction of sp³-hybridized carbons (Fsp3) is 0.263. The highest BCUT2D eigenvalue weighted by Crippen LogP contribution is 2.33. The minimum absolute atomic E-state index is 0.104. The van der Waals surface area contributed by atoms with Gasteiger partial charge >= 0.3 is 0 Å². The van der Waals surface area contributed by atoms with Crippen LogP contribution in [0.3, 0.4) is 0 Å². The molecule has 0 radical (unpaired) electrons. The number of carbonyl (C=O) groups is 1. The standard InChI is InChI=1S/C19H21N3O2S/c1-2-10-20-11-12-21-18(23)17-16(14-7-4-3-5-8-14)22-19(25-17)15-9-6-13-24-15/h3-9,13,20H,2,10-12H2,1H3,(H,21,23). The van der Waals surface area contributed by atoms with Crippen molar-refractivity contribution >= 4 is 17.2 Å². The summed E-state index contributed by atoms with van der Waals surface area (Å²) in [6.45, 7) is 4.41. The molecule has 25 heavy (non-hydrogen) atoms. The van der Waals surface area contributed by atoms with Gasteiger partial charge in [-0.15, -0.1) is 11.3 Å². The van der Waals surface area contributed by atoms with Gasteiger partial charge in [0, 0.05) is 18.7 Å². The van der Waals surface area contributed by atoms with Gasteiger partial charge in [-0.25, -0.2) is 4.98 Å². The third kappa shape index (κ3) is 4.35. The number of amides is 1. The summed E-state index contributed by atoms with van der Waals surface area (Å²) in [4.78, 5) is 17.9. The molecule has 0 fully saturated rings. The SMILES string of the molecule is CCCNCCNC(=O)c1sc(-c2ccco2)nc1-c1ccccc1. The molecule has 3 rings (SSSR count). The lowest BCUT2D eigenvalue weighted by molar-refractivity contribution is 0.0958. The van der Waals surface area contributed by atoms with Crippen LogP contribution in [-0.4, -0.2) is 30.5 Å². The topological polar surface area (TPSA) is 67.2 Å². The number of aromatic nitrogens is 1. The molecule has 5 nitrogen and oxygen atoms in total. The second-order valence-corrected chi connectivity index (χ2v) is 6.55. The molecule has 0 saturated heterocycles. The van der Waals surface area contributed by atoms with Crippen molar-refractivity contribution in [2.75, 3.05) is 19.6 Å². The van der Waals surface area contributed by atoms with Crippen molar-refractivity contribution in [3.8, 4) is 22.0 Å². The number of hydrogen-bond donors (Lipinski definition) is 2. The lowest BCUT2D eigenvalue weighted by Gasteiger charge is -2.06. The van der Waals surface area contributed by atoms with Crippen LogP contribution >= 0.6 is 11.3 Å². The van der Waals surface area contributed by atoms with Crippen molar-refractivity contribution in [2.24, 2.45) is 0 Å². The summed E-state index contributed by atoms with van der Waals surface area (Å²) < 4.78 is 5.44. The molecule has 0 saturated carbocycles. The number of nitrogens with zero attached hydrogens (tertiary/aromatic N) is 1. The number of thiazole rings is 1. The van der Waals surface area contributed by atoms with Crippen molar-refractivity contribution < 1.29 is 9.21 Å². The van der Waals surface area contributed by atoms with E-state index in [1.165, 1.54) is 11.3 Å². The molecule has 0 bridgehead atoms. The minimum atomic E-state index is -0.104. The molecule has 0 atom stereocenters. The molecule has 0 aliphatic rings. The summed E-state index contributed by atoms with van der Waals surface area (Å²) >= 11 is 1.35. The maximum atomic E-state index is 12.7. The summed E-state index contributed by atoms with van der Waals surface area (Å²) in [5, 5.41) is 6.95. The molecule has 2 N–H and O–H groups in total. The molecule has 0 spiro atoms. The van der Waals surface area contributed by atoms with E-state index in [9.17, 15) is 4.79 Å². The second kappa shape index (κ2) is 8.60. The first-order valence-electron chi connectivity index (χ1n) is 8.38. The van der Waals surface area contributed by atoms with Gasteiger partial charge < -0.3 is 15.1 Å². The van der Waals surface area contributed by atoms with Crippen molar-refractivity contribution in [3.05, 3.63) is 53.6 Å². The molecular weight excluding hydrogens is 334 g/mol. The fourth-order valence-electron chi connectivity index (χ4n) is 2.42. The van der Waals surface area contributed by atoms with Crippen LogP contribution in [0.4, 0.5) is 0 Å². The van der Waals surface area contributed by atoms with Gasteiger partial charge in [-0.2, -0.15) is 0 Å². The number of benzene rings is 1. The monoisotopic (exact) mass is 355 g/mol. The number of nitrogens with one attached hydrogen (secondary N) is 2. The third-order valence-corrected chi connectivity index (χ3v) is 4.70. The lowest BCUT2D eigenvalue weighted by Crippen LogP contribution is -2.31. The van der Waals surface area contributed by atoms with Gasteiger partial charge in [0.2, 0.25) is 0 Å². The van der Waals surface area contributed by atoms with Crippen LogP contribution in [0.25, 0.3) is 22.0 Å². The summed E-state index contributed by atoms with van der Waals surface area (Å²) in [6, 6.07) is 13.4. The predicted molar refractivity (Wildman–Crippen MR) is 101 cm³/mol. The normalized spacial score (nSPS) is 10.8. The molecule has 0 unspecified atom stereocenters. The second-order valence-electron chi connectivity index (χ2n) is 5.55. The van der Waals surface area contributed by atoms with Crippen LogP contribution in [0.15, 0.2) is 53.1 Å². The van der Waals surface area contributed by atoms with Gasteiger partial charge in [-0.3, -0.25) is 4.79 Å². The van der Waals surface area contributed by atoms with E-state index in [4.69, 9.17) is 4.42 Å². The largest absolute Gasteiger partial charge is 0.462 e. The van der Waals surface area contributed by atoms with E-state index in [2.05, 4.69) is 22.5 Å². The van der Waals surface area contributed by atoms with Gasteiger partial charge in [0.15, 0.2) is 10.8 Å². The average molecular weight is 355 g/mol. The molecule has 3 aromatic rings. The lowest BCUT2D eigenvalue weighted by atomic mass is 10.1. The smallest absolute Gasteiger partial charge is 0.263 e. The van der Waals surface area contributed by atoms with E-state index in [0.29, 0.717) is 27.9 Å². The Morgan fingerprint density at radius 1 is 1.12 bits per heavy atom. The zero-order valence-electron chi connectivity index (χ0n) is 14.1. The average Bonchev–Trinajstić information content (AvgIpc) is 3.31. The predicted octanol–water partition coefficient (Wildman–Crippen LogP) is 3.80. The summed E-state index contributed by atoms with van der Waals surface area (Å²) in [7, 11) is 0. The third-order valence-electron chi connectivity index (χ3n) is 3.63. The van der Waals surface area contributed by atoms with E-state index >= 15 is 0 Å². The number of hydrogen-bond acceptors (Lipinski definition) is 5. The van der Waals surface area contributed by atoms with Crippen molar-refractivity contribution in [1.82, 2.24) is 15.6 Å². The molecule has 1 aromatic carbocycles. The van der Waals surface area contributed by atoms with Crippen molar-refractivity contribution in [1.29, 1.82) is 0 Å². The summed E-state index contributed by atoms with van der Waals surface area (Å²) in [6.07, 6.45) is 2.69. The highest BCUT2D eigenvalue weighted by molar-refractivity contribution is 7.17. The molecule has 6 heteroatoms. The van der Waals surface area contributed by atoms with Crippen LogP contribution in [0.2, 0.25) is 0 Å². The molecule has 0 aliphatic heterocycles. The quantitative estimate of drug-likeness (QED) is 0.603.